The third-order valence-electron chi connectivity index (χ3n) is 1.48. The number of rotatable bonds is 4. The van der Waals surface area contributed by atoms with Crippen LogP contribution >= 0.6 is 0 Å². The maximum atomic E-state index is 5.78. The van der Waals surface area contributed by atoms with Crippen LogP contribution in [-0.2, 0) is 0 Å². The van der Waals surface area contributed by atoms with E-state index < -0.39 is 0 Å². The molecule has 3 heteroatoms. The molecule has 0 fully saturated rings. The van der Waals surface area contributed by atoms with Crippen LogP contribution in [0.25, 0.3) is 0 Å². The quantitative estimate of drug-likeness (QED) is 0.380. The van der Waals surface area contributed by atoms with Gasteiger partial charge < -0.3 is 0 Å². The van der Waals surface area contributed by atoms with Gasteiger partial charge in [-0.3, -0.25) is 10.8 Å². The Morgan fingerprint density at radius 2 is 1.91 bits per heavy atom. The Hall–Kier alpha value is -0.0151. The summed E-state index contributed by atoms with van der Waals surface area (Å²) in [5.41, 5.74) is 0. The summed E-state index contributed by atoms with van der Waals surface area (Å²) in [6.07, 6.45) is 2.42. The third kappa shape index (κ3) is 7.89. The minimum Gasteiger partial charge on any atom is -0.290 e. The summed E-state index contributed by atoms with van der Waals surface area (Å²) in [5, 5.41) is 0.322. The van der Waals surface area contributed by atoms with Gasteiger partial charge in [0.1, 0.15) is 0 Å². The van der Waals surface area contributed by atoms with E-state index in [0.29, 0.717) is 5.31 Å². The van der Waals surface area contributed by atoms with E-state index >= 15 is 0 Å². The first-order chi connectivity index (χ1) is 4.95. The Morgan fingerprint density at radius 3 is 2.27 bits per heavy atom. The molecule has 0 amide bonds. The molecule has 66 valence electrons. The largest absolute Gasteiger partial charge is 0.290 e. The molecule has 0 rings (SSSR count). The van der Waals surface area contributed by atoms with Crippen LogP contribution in [0.4, 0.5) is 0 Å². The van der Waals surface area contributed by atoms with E-state index in [4.69, 9.17) is 5.84 Å². The molecule has 0 aromatic rings. The van der Waals surface area contributed by atoms with Crippen molar-refractivity contribution in [1.82, 2.24) is 4.92 Å². The summed E-state index contributed by atoms with van der Waals surface area (Å²) in [7, 11) is 0.979. The topological polar surface area (TPSA) is 29.3 Å². The molecule has 0 aliphatic carbocycles. The van der Waals surface area contributed by atoms with Gasteiger partial charge in [0, 0.05) is 6.54 Å². The molecule has 2 nitrogen and oxygen atoms in total. The van der Waals surface area contributed by atoms with E-state index in [0.717, 1.165) is 14.0 Å². The minimum absolute atomic E-state index is 0.322. The van der Waals surface area contributed by atoms with Crippen molar-refractivity contribution in [3.63, 3.8) is 0 Å². The van der Waals surface area contributed by atoms with E-state index in [-0.39, 0.29) is 0 Å². The lowest BCUT2D eigenvalue weighted by molar-refractivity contribution is 0.434. The standard InChI is InChI=1S/C8H21BN2/c1-5-6-7-11(10)9-8(2,3)4/h9H,5-7,10H2,1-4H3. The molecule has 0 aromatic heterocycles. The van der Waals surface area contributed by atoms with Gasteiger partial charge >= 0.3 is 0 Å². The summed E-state index contributed by atoms with van der Waals surface area (Å²) >= 11 is 0. The van der Waals surface area contributed by atoms with Crippen LogP contribution in [0.2, 0.25) is 5.31 Å². The highest BCUT2D eigenvalue weighted by Crippen LogP contribution is 2.20. The van der Waals surface area contributed by atoms with Crippen molar-refractivity contribution in [2.24, 2.45) is 5.84 Å². The summed E-state index contributed by atoms with van der Waals surface area (Å²) in [6.45, 7) is 9.83. The first kappa shape index (κ1) is 11.0. The van der Waals surface area contributed by atoms with E-state index in [9.17, 15) is 0 Å². The second-order valence-corrected chi connectivity index (χ2v) is 4.38. The monoisotopic (exact) mass is 156 g/mol. The van der Waals surface area contributed by atoms with E-state index in [1.165, 1.54) is 12.8 Å². The molecule has 0 heterocycles. The van der Waals surface area contributed by atoms with Gasteiger partial charge in [-0.15, -0.1) is 0 Å². The van der Waals surface area contributed by atoms with Crippen LogP contribution in [-0.4, -0.2) is 18.9 Å². The van der Waals surface area contributed by atoms with Gasteiger partial charge in [-0.25, -0.2) is 0 Å². The molecule has 0 saturated heterocycles. The first-order valence-corrected chi connectivity index (χ1v) is 4.45. The van der Waals surface area contributed by atoms with Gasteiger partial charge in [0.15, 0.2) is 0 Å². The zero-order valence-electron chi connectivity index (χ0n) is 8.35. The fraction of sp³-hybridized carbons (Fsp3) is 1.00. The molecule has 0 saturated carbocycles. The van der Waals surface area contributed by atoms with E-state index in [1.54, 1.807) is 0 Å². The Bertz CT molecular complexity index is 98.8. The second kappa shape index (κ2) is 4.78. The lowest BCUT2D eigenvalue weighted by Crippen LogP contribution is -2.39. The van der Waals surface area contributed by atoms with Crippen LogP contribution in [0, 0.1) is 0 Å². The van der Waals surface area contributed by atoms with Crippen LogP contribution < -0.4 is 5.84 Å². The van der Waals surface area contributed by atoms with Gasteiger partial charge in [0.2, 0.25) is 7.41 Å². The molecule has 0 radical (unpaired) electrons. The molecule has 0 aliphatic heterocycles. The van der Waals surface area contributed by atoms with Crippen LogP contribution in [0.1, 0.15) is 40.5 Å². The molecule has 0 aliphatic rings. The third-order valence-corrected chi connectivity index (χ3v) is 1.48. The molecule has 0 spiro atoms. The van der Waals surface area contributed by atoms with Crippen molar-refractivity contribution in [2.75, 3.05) is 6.54 Å². The highest BCUT2D eigenvalue weighted by Gasteiger charge is 2.15. The molecule has 0 atom stereocenters. The van der Waals surface area contributed by atoms with Gasteiger partial charge in [0.25, 0.3) is 0 Å². The Labute approximate surface area is 71.4 Å². The maximum absolute atomic E-state index is 5.78. The second-order valence-electron chi connectivity index (χ2n) is 4.38. The number of hydrogen-bond acceptors (Lipinski definition) is 2. The highest BCUT2D eigenvalue weighted by molar-refractivity contribution is 6.35. The van der Waals surface area contributed by atoms with Crippen LogP contribution in [0.3, 0.4) is 0 Å². The first-order valence-electron chi connectivity index (χ1n) is 4.45. The van der Waals surface area contributed by atoms with Gasteiger partial charge in [-0.05, 0) is 11.7 Å². The van der Waals surface area contributed by atoms with E-state index in [1.807, 2.05) is 4.92 Å². The predicted molar refractivity (Wildman–Crippen MR) is 52.7 cm³/mol. The summed E-state index contributed by atoms with van der Waals surface area (Å²) in [4.78, 5) is 1.92. The van der Waals surface area contributed by atoms with Crippen molar-refractivity contribution in [1.29, 1.82) is 0 Å². The van der Waals surface area contributed by atoms with Gasteiger partial charge in [-0.2, -0.15) is 0 Å². The fourth-order valence-electron chi connectivity index (χ4n) is 1.05. The predicted octanol–water partition coefficient (Wildman–Crippen LogP) is 1.53. The van der Waals surface area contributed by atoms with Crippen molar-refractivity contribution in [2.45, 2.75) is 45.9 Å². The van der Waals surface area contributed by atoms with Gasteiger partial charge in [0.05, 0.1) is 0 Å². The van der Waals surface area contributed by atoms with Crippen molar-refractivity contribution in [3.05, 3.63) is 0 Å². The van der Waals surface area contributed by atoms with Crippen LogP contribution in [0.5, 0.6) is 0 Å². The molecule has 0 bridgehead atoms. The minimum atomic E-state index is 0.322. The Morgan fingerprint density at radius 1 is 1.36 bits per heavy atom. The number of nitrogens with zero attached hydrogens (tertiary/aromatic N) is 1. The molecular formula is C8H21BN2. The van der Waals surface area contributed by atoms with Crippen molar-refractivity contribution < 1.29 is 0 Å². The highest BCUT2D eigenvalue weighted by atomic mass is 15.3. The normalized spacial score (nSPS) is 12.2. The number of unbranched alkanes of at least 4 members (excludes halogenated alkanes) is 1. The molecular weight excluding hydrogens is 135 g/mol. The molecule has 0 aromatic carbocycles. The number of nitrogens with two attached hydrogens (primary N) is 1. The fourth-order valence-corrected chi connectivity index (χ4v) is 1.05. The van der Waals surface area contributed by atoms with E-state index in [2.05, 4.69) is 27.7 Å². The number of hydrogen-bond donors (Lipinski definition) is 1. The average molecular weight is 156 g/mol. The SMILES string of the molecule is CCCCN(N)BC(C)(C)C. The smallest absolute Gasteiger partial charge is 0.228 e. The summed E-state index contributed by atoms with van der Waals surface area (Å²) < 4.78 is 0. The molecule has 0 unspecified atom stereocenters. The average Bonchev–Trinajstić information content (AvgIpc) is 1.79. The molecule has 2 N–H and O–H groups in total. The maximum Gasteiger partial charge on any atom is 0.228 e. The summed E-state index contributed by atoms with van der Waals surface area (Å²) in [6, 6.07) is 0. The number of hydrazine groups is 1. The van der Waals surface area contributed by atoms with Crippen molar-refractivity contribution >= 4 is 7.41 Å². The van der Waals surface area contributed by atoms with Crippen molar-refractivity contribution in [3.8, 4) is 0 Å². The van der Waals surface area contributed by atoms with Gasteiger partial charge in [-0.1, -0.05) is 34.1 Å². The Kier molecular flexibility index (Phi) is 4.77. The zero-order chi connectivity index (χ0) is 8.91. The lowest BCUT2D eigenvalue weighted by Gasteiger charge is -2.23. The molecule has 11 heavy (non-hydrogen) atoms. The lowest BCUT2D eigenvalue weighted by atomic mass is 9.64. The van der Waals surface area contributed by atoms with Crippen LogP contribution in [0.15, 0.2) is 0 Å². The zero-order valence-corrected chi connectivity index (χ0v) is 8.35. The Balaban J connectivity index is 3.44. The summed E-state index contributed by atoms with van der Waals surface area (Å²) in [5.74, 6) is 5.78.